The third-order valence-corrected chi connectivity index (χ3v) is 7.94. The van der Waals surface area contributed by atoms with E-state index in [1.807, 2.05) is 24.3 Å². The fourth-order valence-electron chi connectivity index (χ4n) is 3.38. The molecule has 1 aromatic carbocycles. The van der Waals surface area contributed by atoms with Gasteiger partial charge < -0.3 is 14.4 Å². The number of sulfone groups is 1. The van der Waals surface area contributed by atoms with Crippen molar-refractivity contribution in [1.82, 2.24) is 4.90 Å². The van der Waals surface area contributed by atoms with Crippen LogP contribution in [0.15, 0.2) is 30.3 Å². The molecule has 2 aliphatic rings. The van der Waals surface area contributed by atoms with E-state index in [1.165, 1.54) is 16.2 Å². The monoisotopic (exact) mass is 421 g/mol. The molecule has 1 fully saturated rings. The molecule has 0 N–H and O–H groups in total. The molecule has 1 atom stereocenters. The maximum Gasteiger partial charge on any atom is 0.348 e. The minimum atomic E-state index is -3.09. The highest BCUT2D eigenvalue weighted by Crippen LogP contribution is 2.42. The van der Waals surface area contributed by atoms with Gasteiger partial charge in [-0.2, -0.15) is 0 Å². The summed E-state index contributed by atoms with van der Waals surface area (Å²) in [6.07, 6.45) is 0.412. The molecule has 3 heterocycles. The van der Waals surface area contributed by atoms with Gasteiger partial charge in [0.1, 0.15) is 17.2 Å². The molecule has 1 saturated heterocycles. The number of carbonyl (C=O) groups is 2. The second kappa shape index (κ2) is 7.21. The van der Waals surface area contributed by atoms with Gasteiger partial charge in [0.05, 0.1) is 11.5 Å². The van der Waals surface area contributed by atoms with E-state index in [2.05, 4.69) is 0 Å². The SMILES string of the molecule is CN(C(=O)COC(=O)c1cc2c(s1)-c1ccccc1OC2)[C@H]1CCS(=O)(=O)C1. The number of thiophene rings is 1. The molecule has 148 valence electrons. The fourth-order valence-corrected chi connectivity index (χ4v) is 6.25. The van der Waals surface area contributed by atoms with E-state index in [0.29, 0.717) is 17.9 Å². The van der Waals surface area contributed by atoms with Crippen LogP contribution < -0.4 is 4.74 Å². The number of carbonyl (C=O) groups excluding carboxylic acids is 2. The number of amides is 1. The van der Waals surface area contributed by atoms with Crippen LogP contribution in [0.4, 0.5) is 0 Å². The minimum Gasteiger partial charge on any atom is -0.488 e. The first-order valence-electron chi connectivity index (χ1n) is 8.82. The van der Waals surface area contributed by atoms with Gasteiger partial charge in [0.25, 0.3) is 5.91 Å². The predicted molar refractivity (Wildman–Crippen MR) is 104 cm³/mol. The lowest BCUT2D eigenvalue weighted by Crippen LogP contribution is -2.40. The van der Waals surface area contributed by atoms with Crippen molar-refractivity contribution in [1.29, 1.82) is 0 Å². The maximum absolute atomic E-state index is 12.4. The predicted octanol–water partition coefficient (Wildman–Crippen LogP) is 2.11. The fraction of sp³-hybridized carbons (Fsp3) is 0.368. The number of ether oxygens (including phenoxy) is 2. The Hall–Kier alpha value is -2.39. The number of para-hydroxylation sites is 1. The Kier molecular flexibility index (Phi) is 4.88. The van der Waals surface area contributed by atoms with Gasteiger partial charge in [-0.1, -0.05) is 12.1 Å². The molecule has 28 heavy (non-hydrogen) atoms. The first-order chi connectivity index (χ1) is 13.3. The van der Waals surface area contributed by atoms with Gasteiger partial charge in [-0.05, 0) is 24.6 Å². The minimum absolute atomic E-state index is 0.0414. The van der Waals surface area contributed by atoms with E-state index in [-0.39, 0.29) is 17.5 Å². The van der Waals surface area contributed by atoms with Crippen molar-refractivity contribution < 1.29 is 27.5 Å². The van der Waals surface area contributed by atoms with Crippen LogP contribution in [0.2, 0.25) is 0 Å². The number of esters is 1. The van der Waals surface area contributed by atoms with E-state index in [0.717, 1.165) is 21.8 Å². The van der Waals surface area contributed by atoms with Crippen LogP contribution >= 0.6 is 11.3 Å². The number of benzene rings is 1. The highest BCUT2D eigenvalue weighted by Gasteiger charge is 2.33. The van der Waals surface area contributed by atoms with E-state index < -0.39 is 28.3 Å². The van der Waals surface area contributed by atoms with E-state index in [4.69, 9.17) is 9.47 Å². The zero-order chi connectivity index (χ0) is 19.9. The maximum atomic E-state index is 12.4. The number of likely N-dealkylation sites (N-methyl/N-ethyl adjacent to an activating group) is 1. The third kappa shape index (κ3) is 3.64. The van der Waals surface area contributed by atoms with Gasteiger partial charge in [0.15, 0.2) is 16.4 Å². The van der Waals surface area contributed by atoms with Crippen molar-refractivity contribution in [2.75, 3.05) is 25.2 Å². The molecule has 2 aliphatic heterocycles. The Morgan fingerprint density at radius 1 is 1.32 bits per heavy atom. The van der Waals surface area contributed by atoms with Crippen molar-refractivity contribution in [3.63, 3.8) is 0 Å². The summed E-state index contributed by atoms with van der Waals surface area (Å²) in [5.74, 6) is -0.164. The van der Waals surface area contributed by atoms with Gasteiger partial charge in [0, 0.05) is 29.1 Å². The largest absolute Gasteiger partial charge is 0.488 e. The molecule has 0 bridgehead atoms. The summed E-state index contributed by atoms with van der Waals surface area (Å²) < 4.78 is 34.0. The third-order valence-electron chi connectivity index (χ3n) is 5.00. The van der Waals surface area contributed by atoms with E-state index >= 15 is 0 Å². The molecule has 0 spiro atoms. The van der Waals surface area contributed by atoms with Gasteiger partial charge in [-0.25, -0.2) is 13.2 Å². The summed E-state index contributed by atoms with van der Waals surface area (Å²) in [5, 5.41) is 0. The van der Waals surface area contributed by atoms with Crippen molar-refractivity contribution in [2.24, 2.45) is 0 Å². The van der Waals surface area contributed by atoms with Crippen molar-refractivity contribution in [3.8, 4) is 16.2 Å². The van der Waals surface area contributed by atoms with Crippen LogP contribution in [-0.2, 0) is 26.0 Å². The second-order valence-corrected chi connectivity index (χ2v) is 10.2. The number of hydrogen-bond acceptors (Lipinski definition) is 7. The Morgan fingerprint density at radius 2 is 2.11 bits per heavy atom. The molecule has 0 unspecified atom stereocenters. The molecule has 2 aromatic rings. The van der Waals surface area contributed by atoms with Crippen LogP contribution in [0, 0.1) is 0 Å². The van der Waals surface area contributed by atoms with Gasteiger partial charge in [0.2, 0.25) is 0 Å². The van der Waals surface area contributed by atoms with Crippen molar-refractivity contribution in [2.45, 2.75) is 19.1 Å². The smallest absolute Gasteiger partial charge is 0.348 e. The average Bonchev–Trinajstić information content (AvgIpc) is 3.28. The van der Waals surface area contributed by atoms with Gasteiger partial charge in [-0.15, -0.1) is 11.3 Å². The molecule has 0 saturated carbocycles. The zero-order valence-corrected chi connectivity index (χ0v) is 16.8. The molecule has 4 rings (SSSR count). The highest BCUT2D eigenvalue weighted by molar-refractivity contribution is 7.91. The standard InChI is InChI=1S/C19H19NO6S2/c1-20(13-6-7-28(23,24)11-13)17(21)10-26-19(22)16-8-12-9-25-15-5-3-2-4-14(15)18(12)27-16/h2-5,8,13H,6-7,9-11H2,1H3/t13-/m0/s1. The van der Waals surface area contributed by atoms with Crippen LogP contribution in [0.1, 0.15) is 21.7 Å². The molecular formula is C19H19NO6S2. The molecule has 1 aromatic heterocycles. The molecule has 9 heteroatoms. The van der Waals surface area contributed by atoms with Crippen LogP contribution in [0.25, 0.3) is 10.4 Å². The topological polar surface area (TPSA) is 90.0 Å². The number of rotatable bonds is 4. The van der Waals surface area contributed by atoms with Crippen LogP contribution in [-0.4, -0.2) is 56.4 Å². The summed E-state index contributed by atoms with van der Waals surface area (Å²) in [4.78, 5) is 27.4. The summed E-state index contributed by atoms with van der Waals surface area (Å²) in [6.45, 7) is -0.0323. The van der Waals surface area contributed by atoms with E-state index in [9.17, 15) is 18.0 Å². The molecular weight excluding hydrogens is 402 g/mol. The number of nitrogens with zero attached hydrogens (tertiary/aromatic N) is 1. The Morgan fingerprint density at radius 3 is 2.86 bits per heavy atom. The Bertz CT molecular complexity index is 1040. The summed E-state index contributed by atoms with van der Waals surface area (Å²) in [5.41, 5.74) is 1.85. The van der Waals surface area contributed by atoms with Crippen LogP contribution in [0.5, 0.6) is 5.75 Å². The molecule has 7 nitrogen and oxygen atoms in total. The summed E-state index contributed by atoms with van der Waals surface area (Å²) in [7, 11) is -1.55. The average molecular weight is 421 g/mol. The second-order valence-electron chi connectivity index (χ2n) is 6.89. The van der Waals surface area contributed by atoms with Gasteiger partial charge >= 0.3 is 5.97 Å². The Labute approximate surface area is 166 Å². The van der Waals surface area contributed by atoms with Crippen LogP contribution in [0.3, 0.4) is 0 Å². The Balaban J connectivity index is 1.40. The highest BCUT2D eigenvalue weighted by atomic mass is 32.2. The lowest BCUT2D eigenvalue weighted by Gasteiger charge is -2.23. The molecule has 0 aliphatic carbocycles. The molecule has 0 radical (unpaired) electrons. The lowest BCUT2D eigenvalue weighted by molar-refractivity contribution is -0.134. The molecule has 1 amide bonds. The number of hydrogen-bond donors (Lipinski definition) is 0. The first-order valence-corrected chi connectivity index (χ1v) is 11.5. The van der Waals surface area contributed by atoms with Crippen molar-refractivity contribution in [3.05, 3.63) is 40.8 Å². The quantitative estimate of drug-likeness (QED) is 0.703. The zero-order valence-electron chi connectivity index (χ0n) is 15.2. The van der Waals surface area contributed by atoms with E-state index in [1.54, 1.807) is 13.1 Å². The summed E-state index contributed by atoms with van der Waals surface area (Å²) in [6, 6.07) is 8.99. The number of fused-ring (bicyclic) bond motifs is 3. The van der Waals surface area contributed by atoms with Gasteiger partial charge in [-0.3, -0.25) is 4.79 Å². The summed E-state index contributed by atoms with van der Waals surface area (Å²) >= 11 is 1.31. The normalized spacial score (nSPS) is 19.2. The first kappa shape index (κ1) is 18.9. The lowest BCUT2D eigenvalue weighted by atomic mass is 10.1. The van der Waals surface area contributed by atoms with Crippen molar-refractivity contribution >= 4 is 33.1 Å².